The van der Waals surface area contributed by atoms with Crippen molar-refractivity contribution in [2.45, 2.75) is 19.9 Å². The number of aryl methyl sites for hydroxylation is 1. The topological polar surface area (TPSA) is 54.0 Å². The number of nitrogens with zero attached hydrogens (tertiary/aromatic N) is 1. The molecule has 1 aromatic heterocycles. The zero-order chi connectivity index (χ0) is 13.2. The number of thiazole rings is 1. The number of hydrogen-bond donors (Lipinski definition) is 2. The van der Waals surface area contributed by atoms with Crippen LogP contribution in [0.3, 0.4) is 0 Å². The molecule has 0 atom stereocenters. The van der Waals surface area contributed by atoms with Gasteiger partial charge in [0.1, 0.15) is 0 Å². The molecule has 5 heteroatoms. The Labute approximate surface area is 115 Å². The molecule has 2 aromatic rings. The Kier molecular flexibility index (Phi) is 3.31. The number of hydrogen-bond acceptors (Lipinski definition) is 4. The quantitative estimate of drug-likeness (QED) is 0.883. The summed E-state index contributed by atoms with van der Waals surface area (Å²) in [6, 6.07) is 5.92. The molecule has 0 spiro atoms. The summed E-state index contributed by atoms with van der Waals surface area (Å²) in [6.45, 7) is 3.65. The van der Waals surface area contributed by atoms with Gasteiger partial charge in [0.05, 0.1) is 5.69 Å². The lowest BCUT2D eigenvalue weighted by Gasteiger charge is -2.19. The molecule has 3 rings (SSSR count). The van der Waals surface area contributed by atoms with Crippen LogP contribution in [0.1, 0.15) is 27.2 Å². The van der Waals surface area contributed by atoms with Gasteiger partial charge in [-0.3, -0.25) is 10.1 Å². The minimum Gasteiger partial charge on any atom is -0.312 e. The normalized spacial score (nSPS) is 13.9. The van der Waals surface area contributed by atoms with E-state index in [-0.39, 0.29) is 5.91 Å². The van der Waals surface area contributed by atoms with Gasteiger partial charge in [0.25, 0.3) is 5.91 Å². The van der Waals surface area contributed by atoms with E-state index < -0.39 is 0 Å². The summed E-state index contributed by atoms with van der Waals surface area (Å²) >= 11 is 1.45. The molecule has 1 aromatic carbocycles. The van der Waals surface area contributed by atoms with Crippen LogP contribution in [0, 0.1) is 6.92 Å². The van der Waals surface area contributed by atoms with Crippen LogP contribution in [0.2, 0.25) is 0 Å². The minimum absolute atomic E-state index is 0.0742. The molecule has 2 heterocycles. The van der Waals surface area contributed by atoms with Gasteiger partial charge in [-0.15, -0.1) is 11.3 Å². The van der Waals surface area contributed by atoms with Crippen molar-refractivity contribution in [2.75, 3.05) is 11.9 Å². The van der Waals surface area contributed by atoms with Crippen molar-refractivity contribution < 1.29 is 4.79 Å². The molecule has 19 heavy (non-hydrogen) atoms. The van der Waals surface area contributed by atoms with Crippen molar-refractivity contribution in [1.29, 1.82) is 0 Å². The molecular weight excluding hydrogens is 258 g/mol. The molecule has 1 aliphatic rings. The summed E-state index contributed by atoms with van der Waals surface area (Å²) < 4.78 is 0. The molecule has 0 bridgehead atoms. The SMILES string of the molecule is Cc1csc(NC(=O)c2cccc3c2CNCC3)n1. The van der Waals surface area contributed by atoms with Crippen LogP contribution in [-0.4, -0.2) is 17.4 Å². The number of anilines is 1. The van der Waals surface area contributed by atoms with Crippen molar-refractivity contribution in [3.05, 3.63) is 46.0 Å². The Hall–Kier alpha value is -1.72. The third-order valence-corrected chi connectivity index (χ3v) is 4.11. The van der Waals surface area contributed by atoms with Crippen LogP contribution in [0.15, 0.2) is 23.6 Å². The highest BCUT2D eigenvalue weighted by Gasteiger charge is 2.17. The number of nitrogens with one attached hydrogen (secondary N) is 2. The van der Waals surface area contributed by atoms with E-state index in [1.54, 1.807) is 0 Å². The molecule has 4 nitrogen and oxygen atoms in total. The number of amides is 1. The van der Waals surface area contributed by atoms with Crippen molar-refractivity contribution >= 4 is 22.4 Å². The predicted molar refractivity (Wildman–Crippen MR) is 76.7 cm³/mol. The molecule has 0 aliphatic carbocycles. The monoisotopic (exact) mass is 273 g/mol. The van der Waals surface area contributed by atoms with Gasteiger partial charge in [0.15, 0.2) is 5.13 Å². The van der Waals surface area contributed by atoms with Crippen LogP contribution in [0.5, 0.6) is 0 Å². The average Bonchev–Trinajstić information content (AvgIpc) is 2.83. The maximum atomic E-state index is 12.3. The first-order chi connectivity index (χ1) is 9.24. The summed E-state index contributed by atoms with van der Waals surface area (Å²) in [5.41, 5.74) is 4.05. The molecule has 0 fully saturated rings. The van der Waals surface area contributed by atoms with Gasteiger partial charge in [-0.1, -0.05) is 12.1 Å². The first-order valence-electron chi connectivity index (χ1n) is 6.29. The van der Waals surface area contributed by atoms with Gasteiger partial charge in [-0.2, -0.15) is 0 Å². The Morgan fingerprint density at radius 2 is 2.37 bits per heavy atom. The fourth-order valence-electron chi connectivity index (χ4n) is 2.30. The Bertz CT molecular complexity index is 621. The smallest absolute Gasteiger partial charge is 0.257 e. The van der Waals surface area contributed by atoms with Gasteiger partial charge in [-0.05, 0) is 37.1 Å². The predicted octanol–water partition coefficient (Wildman–Crippen LogP) is 2.35. The van der Waals surface area contributed by atoms with Gasteiger partial charge >= 0.3 is 0 Å². The molecule has 2 N–H and O–H groups in total. The van der Waals surface area contributed by atoms with Crippen LogP contribution < -0.4 is 10.6 Å². The number of aromatic nitrogens is 1. The zero-order valence-corrected chi connectivity index (χ0v) is 11.5. The van der Waals surface area contributed by atoms with Crippen LogP contribution in [0.4, 0.5) is 5.13 Å². The van der Waals surface area contributed by atoms with Crippen molar-refractivity contribution in [2.24, 2.45) is 0 Å². The fraction of sp³-hybridized carbons (Fsp3) is 0.286. The van der Waals surface area contributed by atoms with Gasteiger partial charge in [0, 0.05) is 17.5 Å². The second-order valence-electron chi connectivity index (χ2n) is 4.62. The van der Waals surface area contributed by atoms with Gasteiger partial charge < -0.3 is 5.32 Å². The van der Waals surface area contributed by atoms with Crippen molar-refractivity contribution in [3.8, 4) is 0 Å². The highest BCUT2D eigenvalue weighted by molar-refractivity contribution is 7.13. The van der Waals surface area contributed by atoms with Crippen molar-refractivity contribution in [1.82, 2.24) is 10.3 Å². The largest absolute Gasteiger partial charge is 0.312 e. The van der Waals surface area contributed by atoms with E-state index in [4.69, 9.17) is 0 Å². The van der Waals surface area contributed by atoms with E-state index in [9.17, 15) is 4.79 Å². The molecule has 1 amide bonds. The summed E-state index contributed by atoms with van der Waals surface area (Å²) in [5, 5.41) is 8.77. The molecule has 1 aliphatic heterocycles. The lowest BCUT2D eigenvalue weighted by Crippen LogP contribution is -2.27. The van der Waals surface area contributed by atoms with Gasteiger partial charge in [-0.25, -0.2) is 4.98 Å². The van der Waals surface area contributed by atoms with E-state index in [1.807, 2.05) is 24.4 Å². The maximum Gasteiger partial charge on any atom is 0.257 e. The highest BCUT2D eigenvalue weighted by atomic mass is 32.1. The third kappa shape index (κ3) is 2.52. The Balaban J connectivity index is 1.87. The molecule has 0 saturated carbocycles. The maximum absolute atomic E-state index is 12.3. The molecular formula is C14H15N3OS. The molecule has 0 radical (unpaired) electrons. The summed E-state index contributed by atoms with van der Waals surface area (Å²) in [6.07, 6.45) is 0.979. The van der Waals surface area contributed by atoms with E-state index in [0.29, 0.717) is 5.13 Å². The minimum atomic E-state index is -0.0742. The zero-order valence-electron chi connectivity index (χ0n) is 10.7. The summed E-state index contributed by atoms with van der Waals surface area (Å²) in [5.74, 6) is -0.0742. The van der Waals surface area contributed by atoms with Crippen LogP contribution >= 0.6 is 11.3 Å². The second-order valence-corrected chi connectivity index (χ2v) is 5.48. The second kappa shape index (κ2) is 5.11. The first-order valence-corrected chi connectivity index (χ1v) is 7.17. The third-order valence-electron chi connectivity index (χ3n) is 3.23. The van der Waals surface area contributed by atoms with Gasteiger partial charge in [0.2, 0.25) is 0 Å². The standard InChI is InChI=1S/C14H15N3OS/c1-9-8-19-14(16-9)17-13(18)11-4-2-3-10-5-6-15-7-12(10)11/h2-4,8,15H,5-7H2,1H3,(H,16,17,18). The van der Waals surface area contributed by atoms with Crippen LogP contribution in [-0.2, 0) is 13.0 Å². The van der Waals surface area contributed by atoms with E-state index in [0.717, 1.165) is 36.3 Å². The lowest BCUT2D eigenvalue weighted by molar-refractivity contribution is 0.102. The number of carbonyl (C=O) groups excluding carboxylic acids is 1. The van der Waals surface area contributed by atoms with E-state index in [2.05, 4.69) is 21.7 Å². The lowest BCUT2D eigenvalue weighted by atomic mass is 9.95. The van der Waals surface area contributed by atoms with E-state index >= 15 is 0 Å². The number of rotatable bonds is 2. The molecule has 0 saturated heterocycles. The van der Waals surface area contributed by atoms with Crippen LogP contribution in [0.25, 0.3) is 0 Å². The number of benzene rings is 1. The average molecular weight is 273 g/mol. The van der Waals surface area contributed by atoms with Crippen molar-refractivity contribution in [3.63, 3.8) is 0 Å². The number of carbonyl (C=O) groups is 1. The first kappa shape index (κ1) is 12.3. The highest BCUT2D eigenvalue weighted by Crippen LogP contribution is 2.21. The van der Waals surface area contributed by atoms with E-state index in [1.165, 1.54) is 16.9 Å². The fourth-order valence-corrected chi connectivity index (χ4v) is 2.99. The summed E-state index contributed by atoms with van der Waals surface area (Å²) in [4.78, 5) is 16.6. The Morgan fingerprint density at radius 1 is 1.47 bits per heavy atom. The Morgan fingerprint density at radius 3 is 3.16 bits per heavy atom. The number of fused-ring (bicyclic) bond motifs is 1. The summed E-state index contributed by atoms with van der Waals surface area (Å²) in [7, 11) is 0. The molecule has 0 unspecified atom stereocenters. The molecule has 98 valence electrons.